The van der Waals surface area contributed by atoms with Crippen molar-refractivity contribution in [3.8, 4) is 5.75 Å². The number of fused-ring (bicyclic) bond motifs is 5. The van der Waals surface area contributed by atoms with Crippen molar-refractivity contribution in [1.82, 2.24) is 0 Å². The number of hydrogen-bond acceptors (Lipinski definition) is 4. The summed E-state index contributed by atoms with van der Waals surface area (Å²) in [5.74, 6) is -0.153. The van der Waals surface area contributed by atoms with Crippen molar-refractivity contribution in [2.24, 2.45) is 11.8 Å². The Balaban J connectivity index is 1.52. The van der Waals surface area contributed by atoms with Crippen LogP contribution >= 0.6 is 0 Å². The molecular weight excluding hydrogens is 388 g/mol. The first kappa shape index (κ1) is 20.4. The van der Waals surface area contributed by atoms with Gasteiger partial charge in [0.05, 0.1) is 31.2 Å². The van der Waals surface area contributed by atoms with Gasteiger partial charge in [-0.3, -0.25) is 9.59 Å². The molecule has 0 N–H and O–H groups in total. The van der Waals surface area contributed by atoms with Gasteiger partial charge in [0.15, 0.2) is 11.6 Å². The summed E-state index contributed by atoms with van der Waals surface area (Å²) in [5, 5.41) is 0. The summed E-state index contributed by atoms with van der Waals surface area (Å²) in [6, 6.07) is 12.3. The maximum Gasteiger partial charge on any atom is 0.154 e. The van der Waals surface area contributed by atoms with Crippen LogP contribution in [-0.4, -0.2) is 30.9 Å². The van der Waals surface area contributed by atoms with Crippen LogP contribution in [0.25, 0.3) is 0 Å². The van der Waals surface area contributed by atoms with Crippen molar-refractivity contribution < 1.29 is 19.1 Å². The van der Waals surface area contributed by atoms with Gasteiger partial charge in [-0.1, -0.05) is 43.7 Å². The van der Waals surface area contributed by atoms with E-state index in [0.29, 0.717) is 0 Å². The highest BCUT2D eigenvalue weighted by Gasteiger charge is 2.66. The van der Waals surface area contributed by atoms with Gasteiger partial charge in [-0.15, -0.1) is 0 Å². The average molecular weight is 419 g/mol. The minimum absolute atomic E-state index is 0.0725. The number of aryl methyl sites for hydroxylation is 3. The first-order valence-electron chi connectivity index (χ1n) is 11.5. The fourth-order valence-electron chi connectivity index (χ4n) is 6.35. The smallest absolute Gasteiger partial charge is 0.154 e. The van der Waals surface area contributed by atoms with Crippen molar-refractivity contribution in [3.63, 3.8) is 0 Å². The normalized spacial score (nSPS) is 31.4. The second-order valence-electron chi connectivity index (χ2n) is 9.25. The third-order valence-corrected chi connectivity index (χ3v) is 7.65. The van der Waals surface area contributed by atoms with E-state index in [1.54, 1.807) is 7.11 Å². The van der Waals surface area contributed by atoms with Crippen LogP contribution in [0.3, 0.4) is 0 Å². The van der Waals surface area contributed by atoms with Crippen molar-refractivity contribution in [2.75, 3.05) is 7.11 Å². The Bertz CT molecular complexity index is 1030. The molecule has 5 rings (SSSR count). The number of rotatable bonds is 5. The lowest BCUT2D eigenvalue weighted by atomic mass is 9.73. The summed E-state index contributed by atoms with van der Waals surface area (Å²) in [4.78, 5) is 27.4. The minimum atomic E-state index is -0.626. The third-order valence-electron chi connectivity index (χ3n) is 7.65. The molecule has 2 aromatic rings. The summed E-state index contributed by atoms with van der Waals surface area (Å²) in [6.07, 6.45) is 2.07. The van der Waals surface area contributed by atoms with E-state index in [-0.39, 0.29) is 41.5 Å². The Morgan fingerprint density at radius 3 is 2.32 bits per heavy atom. The second-order valence-corrected chi connectivity index (χ2v) is 9.25. The molecule has 4 nitrogen and oxygen atoms in total. The molecule has 0 aromatic heterocycles. The Hall–Kier alpha value is -2.46. The van der Waals surface area contributed by atoms with Crippen molar-refractivity contribution in [1.29, 1.82) is 0 Å². The Labute approximate surface area is 183 Å². The standard InChI is InChI=1S/C27H30O4/c1-5-15-10-14(3)11-16(6-2)21(15)23-25(28)22-20-13-19(27(31-20)24(22)26(23)29)17-8-7-9-18(12-17)30-4/h7-12,19-20,22-24,27H,5-6,13H2,1-4H3/t19-,20-,22-,23?,24+,27+/m0/s1. The zero-order valence-electron chi connectivity index (χ0n) is 18.7. The molecule has 3 fully saturated rings. The summed E-state index contributed by atoms with van der Waals surface area (Å²) >= 11 is 0. The van der Waals surface area contributed by atoms with Crippen LogP contribution in [0.1, 0.15) is 59.9 Å². The summed E-state index contributed by atoms with van der Waals surface area (Å²) < 4.78 is 11.6. The topological polar surface area (TPSA) is 52.6 Å². The van der Waals surface area contributed by atoms with Crippen molar-refractivity contribution >= 4 is 11.6 Å². The third kappa shape index (κ3) is 2.99. The fourth-order valence-corrected chi connectivity index (χ4v) is 6.35. The second kappa shape index (κ2) is 7.59. The van der Waals surface area contributed by atoms with E-state index in [1.807, 2.05) is 18.2 Å². The van der Waals surface area contributed by atoms with Gasteiger partial charge in [-0.05, 0) is 60.6 Å². The molecule has 3 aliphatic rings. The highest BCUT2D eigenvalue weighted by atomic mass is 16.5. The molecule has 1 saturated carbocycles. The number of benzene rings is 2. The number of methoxy groups -OCH3 is 1. The number of hydrogen-bond donors (Lipinski definition) is 0. The van der Waals surface area contributed by atoms with E-state index in [1.165, 1.54) is 5.56 Å². The molecule has 162 valence electrons. The molecule has 2 aliphatic heterocycles. The summed E-state index contributed by atoms with van der Waals surface area (Å²) in [5.41, 5.74) is 5.59. The molecule has 4 heteroatoms. The molecule has 2 bridgehead atoms. The van der Waals surface area contributed by atoms with Gasteiger partial charge < -0.3 is 9.47 Å². The molecule has 2 aromatic carbocycles. The van der Waals surface area contributed by atoms with Gasteiger partial charge in [0.25, 0.3) is 0 Å². The zero-order valence-corrected chi connectivity index (χ0v) is 18.7. The summed E-state index contributed by atoms with van der Waals surface area (Å²) in [6.45, 7) is 6.30. The molecule has 2 heterocycles. The van der Waals surface area contributed by atoms with E-state index in [2.05, 4.69) is 39.0 Å². The van der Waals surface area contributed by atoms with Gasteiger partial charge in [0.2, 0.25) is 0 Å². The number of ether oxygens (including phenoxy) is 2. The first-order chi connectivity index (χ1) is 15.0. The van der Waals surface area contributed by atoms with Crippen LogP contribution < -0.4 is 4.74 Å². The highest BCUT2D eigenvalue weighted by molar-refractivity contribution is 6.17. The molecule has 31 heavy (non-hydrogen) atoms. The maximum atomic E-state index is 13.8. The number of carbonyl (C=O) groups excluding carboxylic acids is 2. The Morgan fingerprint density at radius 2 is 1.68 bits per heavy atom. The monoisotopic (exact) mass is 418 g/mol. The van der Waals surface area contributed by atoms with Crippen LogP contribution in [0.15, 0.2) is 36.4 Å². The predicted molar refractivity (Wildman–Crippen MR) is 119 cm³/mol. The molecule has 0 spiro atoms. The predicted octanol–water partition coefficient (Wildman–Crippen LogP) is 4.55. The number of ketones is 2. The highest BCUT2D eigenvalue weighted by Crippen LogP contribution is 2.57. The van der Waals surface area contributed by atoms with E-state index >= 15 is 0 Å². The minimum Gasteiger partial charge on any atom is -0.497 e. The Kier molecular flexibility index (Phi) is 5.01. The van der Waals surface area contributed by atoms with E-state index < -0.39 is 5.92 Å². The number of carbonyl (C=O) groups is 2. The molecule has 6 atom stereocenters. The van der Waals surface area contributed by atoms with Gasteiger partial charge in [0.1, 0.15) is 11.7 Å². The average Bonchev–Trinajstić information content (AvgIpc) is 3.45. The fraction of sp³-hybridized carbons (Fsp3) is 0.481. The zero-order chi connectivity index (χ0) is 21.9. The van der Waals surface area contributed by atoms with E-state index in [0.717, 1.165) is 47.3 Å². The van der Waals surface area contributed by atoms with Gasteiger partial charge in [0, 0.05) is 5.92 Å². The molecule has 0 radical (unpaired) electrons. The van der Waals surface area contributed by atoms with Crippen LogP contribution in [0, 0.1) is 18.8 Å². The Morgan fingerprint density at radius 1 is 1.00 bits per heavy atom. The lowest BCUT2D eigenvalue weighted by Gasteiger charge is -2.26. The van der Waals surface area contributed by atoms with E-state index in [4.69, 9.17) is 9.47 Å². The molecular formula is C27H30O4. The molecule has 0 amide bonds. The lowest BCUT2D eigenvalue weighted by molar-refractivity contribution is -0.127. The molecule has 1 aliphatic carbocycles. The van der Waals surface area contributed by atoms with Crippen LogP contribution in [0.5, 0.6) is 5.75 Å². The summed E-state index contributed by atoms with van der Waals surface area (Å²) in [7, 11) is 1.66. The van der Waals surface area contributed by atoms with Gasteiger partial charge in [-0.2, -0.15) is 0 Å². The van der Waals surface area contributed by atoms with Crippen molar-refractivity contribution in [3.05, 3.63) is 64.2 Å². The maximum absolute atomic E-state index is 13.8. The molecule has 2 saturated heterocycles. The van der Waals surface area contributed by atoms with Gasteiger partial charge >= 0.3 is 0 Å². The first-order valence-corrected chi connectivity index (χ1v) is 11.5. The van der Waals surface area contributed by atoms with Crippen LogP contribution in [-0.2, 0) is 27.2 Å². The SMILES string of the molecule is CCc1cc(C)cc(CC)c1C1C(=O)[C@@H]2[C@@H]3O[C@@H](C[C@H]3c3cccc(OC)c3)[C@@H]2C1=O. The largest absolute Gasteiger partial charge is 0.497 e. The van der Waals surface area contributed by atoms with Crippen LogP contribution in [0.2, 0.25) is 0 Å². The number of Topliss-reactive ketones (excluding diaryl/α,β-unsaturated/α-hetero) is 2. The molecule has 1 unspecified atom stereocenters. The quantitative estimate of drug-likeness (QED) is 0.669. The lowest BCUT2D eigenvalue weighted by Crippen LogP contribution is -2.34. The van der Waals surface area contributed by atoms with Crippen molar-refractivity contribution in [2.45, 2.75) is 64.1 Å². The van der Waals surface area contributed by atoms with Crippen LogP contribution in [0.4, 0.5) is 0 Å². The van der Waals surface area contributed by atoms with E-state index in [9.17, 15) is 9.59 Å². The van der Waals surface area contributed by atoms with Gasteiger partial charge in [-0.25, -0.2) is 0 Å².